The summed E-state index contributed by atoms with van der Waals surface area (Å²) in [5.41, 5.74) is 6.98. The van der Waals surface area contributed by atoms with Crippen LogP contribution in [0.5, 0.6) is 0 Å². The molecule has 3 amide bonds. The van der Waals surface area contributed by atoms with Gasteiger partial charge in [-0.15, -0.1) is 0 Å². The number of hydrogen-bond donors (Lipinski definition) is 3. The van der Waals surface area contributed by atoms with Crippen molar-refractivity contribution in [3.8, 4) is 11.3 Å². The average molecular weight is 759 g/mol. The quantitative estimate of drug-likeness (QED) is 0.210. The van der Waals surface area contributed by atoms with Crippen molar-refractivity contribution in [1.29, 1.82) is 0 Å². The molecule has 5 atom stereocenters. The number of fused-ring (bicyclic) bond motifs is 1. The Kier molecular flexibility index (Phi) is 10.5. The van der Waals surface area contributed by atoms with Crippen LogP contribution >= 0.6 is 0 Å². The van der Waals surface area contributed by atoms with Gasteiger partial charge in [0.05, 0.1) is 34.9 Å². The zero-order valence-electron chi connectivity index (χ0n) is 29.6. The molecule has 3 aliphatic rings. The molecule has 2 aromatic heterocycles. The first-order valence-corrected chi connectivity index (χ1v) is 17.8. The van der Waals surface area contributed by atoms with E-state index in [4.69, 9.17) is 15.2 Å². The molecule has 4 N–H and O–H groups in total. The maximum atomic E-state index is 14.8. The van der Waals surface area contributed by atoms with Crippen LogP contribution in [-0.2, 0) is 32.1 Å². The van der Waals surface area contributed by atoms with Gasteiger partial charge in [-0.1, -0.05) is 43.3 Å². The molecule has 0 saturated carbocycles. The van der Waals surface area contributed by atoms with Crippen molar-refractivity contribution >= 4 is 35.3 Å². The molecule has 4 heterocycles. The molecule has 0 spiro atoms. The number of benzene rings is 2. The summed E-state index contributed by atoms with van der Waals surface area (Å²) in [6.07, 6.45) is -0.654. The maximum Gasteiger partial charge on any atom is 0.417 e. The second-order valence-electron chi connectivity index (χ2n) is 13.8. The van der Waals surface area contributed by atoms with Crippen molar-refractivity contribution in [3.63, 3.8) is 0 Å². The van der Waals surface area contributed by atoms with Gasteiger partial charge >= 0.3 is 12.1 Å². The van der Waals surface area contributed by atoms with E-state index in [9.17, 15) is 37.5 Å². The fraction of sp³-hybridized carbons (Fsp3) is 0.333. The van der Waals surface area contributed by atoms with Crippen LogP contribution in [0.25, 0.3) is 11.3 Å². The highest BCUT2D eigenvalue weighted by atomic mass is 19.1. The van der Waals surface area contributed by atoms with Crippen molar-refractivity contribution in [1.82, 2.24) is 14.9 Å². The van der Waals surface area contributed by atoms with Crippen LogP contribution in [0, 0.1) is 23.4 Å². The van der Waals surface area contributed by atoms with Crippen LogP contribution in [0.2, 0.25) is 0 Å². The molecule has 7 rings (SSSR count). The summed E-state index contributed by atoms with van der Waals surface area (Å²) in [6.45, 7) is 2.25. The van der Waals surface area contributed by atoms with E-state index < -0.39 is 76.9 Å². The number of amides is 3. The number of aliphatic hydroxyl groups is 1. The standard InChI is InChI=1S/C39H37F3N6O7/c1-20-17-47(18-26(43)36(20)50)35-22-10-14-30(55-38(52)29-13-15-31(49)48(29)39(53)54-19-21-6-3-2-4-7-21)33(22)44-16-28(35)46-37(51)27-12-11-25(42)34(45-27)32-23(40)8-5-9-24(32)41/h2-9,11-12,16,20,26,29-30,36,50H,10,13-15,17-19,43H2,1H3,(H,46,51)/t20-,26+,29-,30+,36+/m0/s1. The summed E-state index contributed by atoms with van der Waals surface area (Å²) < 4.78 is 55.2. The zero-order chi connectivity index (χ0) is 39.0. The second kappa shape index (κ2) is 15.5. The molecule has 2 aromatic carbocycles. The number of anilines is 2. The minimum atomic E-state index is -1.20. The van der Waals surface area contributed by atoms with Gasteiger partial charge < -0.3 is 30.5 Å². The second-order valence-corrected chi connectivity index (χ2v) is 13.8. The summed E-state index contributed by atoms with van der Waals surface area (Å²) in [5, 5.41) is 13.4. The molecule has 2 aliphatic heterocycles. The number of nitrogens with two attached hydrogens (primary N) is 1. The number of imide groups is 1. The SMILES string of the molecule is C[C@H]1CN(c2c(NC(=O)c3ccc(F)c(-c4c(F)cccc4F)n3)cnc3c2CC[C@H]3OC(=O)[C@@H]2CCC(=O)N2C(=O)OCc2ccccc2)C[C@@H](N)[C@@H]1O. The highest BCUT2D eigenvalue weighted by molar-refractivity contribution is 6.05. The smallest absolute Gasteiger partial charge is 0.417 e. The lowest BCUT2D eigenvalue weighted by Gasteiger charge is -2.41. The molecule has 13 nitrogen and oxygen atoms in total. The number of piperidine rings is 1. The molecule has 0 bridgehead atoms. The first kappa shape index (κ1) is 37.4. The number of aliphatic hydroxyl groups excluding tert-OH is 1. The molecule has 1 aliphatic carbocycles. The van der Waals surface area contributed by atoms with E-state index in [1.807, 2.05) is 17.9 Å². The zero-order valence-corrected chi connectivity index (χ0v) is 29.6. The number of likely N-dealkylation sites (tertiary alicyclic amines) is 1. The van der Waals surface area contributed by atoms with E-state index in [0.29, 0.717) is 35.5 Å². The summed E-state index contributed by atoms with van der Waals surface area (Å²) >= 11 is 0. The topological polar surface area (TPSA) is 177 Å². The van der Waals surface area contributed by atoms with Crippen LogP contribution in [0.4, 0.5) is 29.3 Å². The molecule has 2 saturated heterocycles. The number of nitrogens with one attached hydrogen (secondary N) is 1. The van der Waals surface area contributed by atoms with Crippen molar-refractivity contribution in [2.75, 3.05) is 23.3 Å². The average Bonchev–Trinajstić information content (AvgIpc) is 3.76. The minimum absolute atomic E-state index is 0.0498. The van der Waals surface area contributed by atoms with Gasteiger partial charge in [-0.2, -0.15) is 0 Å². The van der Waals surface area contributed by atoms with Crippen molar-refractivity contribution in [2.45, 2.75) is 63.5 Å². The van der Waals surface area contributed by atoms with Crippen LogP contribution in [0.15, 0.2) is 66.9 Å². The summed E-state index contributed by atoms with van der Waals surface area (Å²) in [5.74, 6) is -5.63. The molecule has 286 valence electrons. The summed E-state index contributed by atoms with van der Waals surface area (Å²) in [6, 6.07) is 12.0. The number of carbonyl (C=O) groups is 4. The highest BCUT2D eigenvalue weighted by Gasteiger charge is 2.44. The van der Waals surface area contributed by atoms with Gasteiger partial charge in [0.2, 0.25) is 5.91 Å². The van der Waals surface area contributed by atoms with E-state index in [1.165, 1.54) is 6.20 Å². The Morgan fingerprint density at radius 3 is 2.44 bits per heavy atom. The number of carbonyl (C=O) groups excluding carboxylic acids is 4. The van der Waals surface area contributed by atoms with E-state index in [1.54, 1.807) is 24.3 Å². The maximum absolute atomic E-state index is 14.8. The minimum Gasteiger partial charge on any atom is -0.454 e. The summed E-state index contributed by atoms with van der Waals surface area (Å²) in [7, 11) is 0. The largest absolute Gasteiger partial charge is 0.454 e. The molecule has 0 radical (unpaired) electrons. The Labute approximate surface area is 313 Å². The fourth-order valence-electron chi connectivity index (χ4n) is 7.36. The molecule has 0 unspecified atom stereocenters. The molecule has 2 fully saturated rings. The lowest BCUT2D eigenvalue weighted by atomic mass is 9.92. The predicted molar refractivity (Wildman–Crippen MR) is 191 cm³/mol. The first-order valence-electron chi connectivity index (χ1n) is 17.8. The number of nitrogens with zero attached hydrogens (tertiary/aromatic N) is 4. The van der Waals surface area contributed by atoms with E-state index in [2.05, 4.69) is 15.3 Å². The number of esters is 1. The Bertz CT molecular complexity index is 2130. The lowest BCUT2D eigenvalue weighted by molar-refractivity contribution is -0.156. The Hall–Kier alpha value is -5.87. The number of pyridine rings is 2. The molecule has 16 heteroatoms. The van der Waals surface area contributed by atoms with E-state index in [-0.39, 0.29) is 49.7 Å². The number of halogens is 3. The van der Waals surface area contributed by atoms with Crippen LogP contribution < -0.4 is 16.0 Å². The van der Waals surface area contributed by atoms with Crippen LogP contribution in [0.1, 0.15) is 59.6 Å². The van der Waals surface area contributed by atoms with Gasteiger partial charge in [-0.25, -0.2) is 32.6 Å². The third kappa shape index (κ3) is 7.47. The number of rotatable bonds is 8. The molecule has 55 heavy (non-hydrogen) atoms. The van der Waals surface area contributed by atoms with Crippen LogP contribution in [-0.4, -0.2) is 75.1 Å². The number of ether oxygens (including phenoxy) is 2. The van der Waals surface area contributed by atoms with Crippen molar-refractivity contribution < 1.29 is 46.9 Å². The van der Waals surface area contributed by atoms with E-state index in [0.717, 1.165) is 35.2 Å². The van der Waals surface area contributed by atoms with Gasteiger partial charge in [0, 0.05) is 37.0 Å². The molecule has 4 aromatic rings. The third-order valence-corrected chi connectivity index (χ3v) is 10.1. The van der Waals surface area contributed by atoms with Gasteiger partial charge in [0.1, 0.15) is 47.6 Å². The Morgan fingerprint density at radius 1 is 0.964 bits per heavy atom. The van der Waals surface area contributed by atoms with Crippen molar-refractivity contribution in [2.24, 2.45) is 11.7 Å². The molecular formula is C39H37F3N6O7. The normalized spacial score (nSPS) is 22.0. The third-order valence-electron chi connectivity index (χ3n) is 10.1. The van der Waals surface area contributed by atoms with E-state index >= 15 is 0 Å². The monoisotopic (exact) mass is 758 g/mol. The van der Waals surface area contributed by atoms with Gasteiger partial charge in [-0.05, 0) is 49.1 Å². The fourth-order valence-corrected chi connectivity index (χ4v) is 7.36. The van der Waals surface area contributed by atoms with Gasteiger partial charge in [0.25, 0.3) is 5.91 Å². The Morgan fingerprint density at radius 2 is 1.71 bits per heavy atom. The van der Waals surface area contributed by atoms with Crippen LogP contribution in [0.3, 0.4) is 0 Å². The number of aromatic nitrogens is 2. The highest BCUT2D eigenvalue weighted by Crippen LogP contribution is 2.43. The first-order chi connectivity index (χ1) is 26.4. The lowest BCUT2D eigenvalue weighted by Crippen LogP contribution is -2.56. The van der Waals surface area contributed by atoms with Gasteiger partial charge in [-0.3, -0.25) is 14.6 Å². The molecular weight excluding hydrogens is 721 g/mol. The van der Waals surface area contributed by atoms with Crippen molar-refractivity contribution in [3.05, 3.63) is 107 Å². The van der Waals surface area contributed by atoms with Gasteiger partial charge in [0.15, 0.2) is 0 Å². The Balaban J connectivity index is 1.15. The number of hydrogen-bond acceptors (Lipinski definition) is 11. The summed E-state index contributed by atoms with van der Waals surface area (Å²) in [4.78, 5) is 64.1. The predicted octanol–water partition coefficient (Wildman–Crippen LogP) is 4.82.